The lowest BCUT2D eigenvalue weighted by Gasteiger charge is -2.24. The van der Waals surface area contributed by atoms with Crippen molar-refractivity contribution in [1.29, 1.82) is 0 Å². The molecule has 46 heavy (non-hydrogen) atoms. The van der Waals surface area contributed by atoms with Crippen LogP contribution >= 0.6 is 7.92 Å². The highest BCUT2D eigenvalue weighted by molar-refractivity contribution is 7.79. The van der Waals surface area contributed by atoms with Crippen molar-refractivity contribution in [3.8, 4) is 0 Å². The Kier molecular flexibility index (Phi) is 11.3. The van der Waals surface area contributed by atoms with Gasteiger partial charge in [0.25, 0.3) is 0 Å². The first-order chi connectivity index (χ1) is 22.3. The normalized spacial score (nSPS) is 12.9. The molecule has 2 unspecified atom stereocenters. The van der Waals surface area contributed by atoms with E-state index in [1.54, 1.807) is 0 Å². The van der Waals surface area contributed by atoms with E-state index in [-0.39, 0.29) is 18.0 Å². The average Bonchev–Trinajstić information content (AvgIpc) is 3.09. The van der Waals surface area contributed by atoms with E-state index in [0.717, 1.165) is 24.8 Å². The Labute approximate surface area is 277 Å². The molecule has 0 radical (unpaired) electrons. The summed E-state index contributed by atoms with van der Waals surface area (Å²) in [4.78, 5) is 13.0. The summed E-state index contributed by atoms with van der Waals surface area (Å²) in [6.07, 6.45) is 3.35. The predicted molar refractivity (Wildman–Crippen MR) is 197 cm³/mol. The van der Waals surface area contributed by atoms with Gasteiger partial charge in [-0.05, 0) is 94.7 Å². The smallest absolute Gasteiger partial charge is 0.338 e. The van der Waals surface area contributed by atoms with Gasteiger partial charge >= 0.3 is 5.97 Å². The van der Waals surface area contributed by atoms with Gasteiger partial charge < -0.3 is 4.74 Å². The van der Waals surface area contributed by atoms with E-state index in [4.69, 9.17) is 4.74 Å². The molecule has 0 spiro atoms. The Balaban J connectivity index is 1.20. The summed E-state index contributed by atoms with van der Waals surface area (Å²) in [7, 11) is -0.710. The van der Waals surface area contributed by atoms with Crippen molar-refractivity contribution in [2.24, 2.45) is 0 Å². The summed E-state index contributed by atoms with van der Waals surface area (Å²) >= 11 is 0. The third-order valence-electron chi connectivity index (χ3n) is 9.01. The van der Waals surface area contributed by atoms with Gasteiger partial charge in [0, 0.05) is 0 Å². The molecule has 5 aromatic carbocycles. The number of ether oxygens (including phenoxy) is 1. The Morgan fingerprint density at radius 3 is 1.52 bits per heavy atom. The van der Waals surface area contributed by atoms with E-state index in [1.807, 2.05) is 24.3 Å². The zero-order valence-electron chi connectivity index (χ0n) is 27.9. The maximum absolute atomic E-state index is 13.0. The van der Waals surface area contributed by atoms with Gasteiger partial charge in [0.15, 0.2) is 0 Å². The highest BCUT2D eigenvalue weighted by Crippen LogP contribution is 2.36. The quantitative estimate of drug-likeness (QED) is 0.102. The van der Waals surface area contributed by atoms with Crippen molar-refractivity contribution in [2.45, 2.75) is 77.7 Å². The number of carbonyl (C=O) groups excluding carboxylic acids is 1. The first-order valence-corrected chi connectivity index (χ1v) is 18.0. The summed E-state index contributed by atoms with van der Waals surface area (Å²) in [6.45, 7) is 11.6. The molecule has 236 valence electrons. The fourth-order valence-corrected chi connectivity index (χ4v) is 8.42. The summed E-state index contributed by atoms with van der Waals surface area (Å²) in [5, 5.41) is 3.78. The van der Waals surface area contributed by atoms with Crippen molar-refractivity contribution >= 4 is 29.8 Å². The van der Waals surface area contributed by atoms with Gasteiger partial charge in [-0.1, -0.05) is 156 Å². The highest BCUT2D eigenvalue weighted by Gasteiger charge is 2.20. The van der Waals surface area contributed by atoms with Crippen molar-refractivity contribution in [3.63, 3.8) is 0 Å². The van der Waals surface area contributed by atoms with Gasteiger partial charge in [-0.15, -0.1) is 0 Å². The SMILES string of the molecule is CCC(CC(CC)c1ccc(C(C)(C)C)cc1)c1ccc(COC(=O)c2ccc(P(c3ccccc3)c3ccccc3)cc2)cc1. The third-order valence-corrected chi connectivity index (χ3v) is 11.5. The van der Waals surface area contributed by atoms with Crippen LogP contribution in [0.15, 0.2) is 133 Å². The van der Waals surface area contributed by atoms with Crippen molar-refractivity contribution in [1.82, 2.24) is 0 Å². The predicted octanol–water partition coefficient (Wildman–Crippen LogP) is 10.2. The summed E-state index contributed by atoms with van der Waals surface area (Å²) in [5.41, 5.74) is 5.91. The summed E-state index contributed by atoms with van der Waals surface area (Å²) in [6, 6.07) is 47.0. The summed E-state index contributed by atoms with van der Waals surface area (Å²) in [5.74, 6) is 0.719. The van der Waals surface area contributed by atoms with Crippen LogP contribution in [0.5, 0.6) is 0 Å². The van der Waals surface area contributed by atoms with Gasteiger partial charge in [-0.2, -0.15) is 0 Å². The lowest BCUT2D eigenvalue weighted by atomic mass is 9.80. The van der Waals surface area contributed by atoms with E-state index in [2.05, 4.69) is 144 Å². The minimum absolute atomic E-state index is 0.169. The molecular weight excluding hydrogens is 579 g/mol. The van der Waals surface area contributed by atoms with Crippen molar-refractivity contribution in [2.75, 3.05) is 0 Å². The molecule has 0 amide bonds. The van der Waals surface area contributed by atoms with Gasteiger partial charge in [0.05, 0.1) is 5.56 Å². The monoisotopic (exact) mass is 626 g/mol. The number of hydrogen-bond donors (Lipinski definition) is 0. The van der Waals surface area contributed by atoms with Crippen molar-refractivity contribution in [3.05, 3.63) is 161 Å². The molecule has 5 aromatic rings. The minimum Gasteiger partial charge on any atom is -0.457 e. The molecule has 0 saturated carbocycles. The van der Waals surface area contributed by atoms with Crippen LogP contribution in [0, 0.1) is 0 Å². The molecule has 0 heterocycles. The summed E-state index contributed by atoms with van der Waals surface area (Å²) < 4.78 is 5.75. The molecule has 0 aliphatic rings. The molecule has 2 atom stereocenters. The lowest BCUT2D eigenvalue weighted by molar-refractivity contribution is 0.0472. The Bertz CT molecular complexity index is 1610. The highest BCUT2D eigenvalue weighted by atomic mass is 31.1. The van der Waals surface area contributed by atoms with Gasteiger partial charge in [0.1, 0.15) is 6.61 Å². The molecule has 0 aliphatic carbocycles. The zero-order chi connectivity index (χ0) is 32.5. The lowest BCUT2D eigenvalue weighted by Crippen LogP contribution is -2.20. The fraction of sp³-hybridized carbons (Fsp3) is 0.279. The average molecular weight is 627 g/mol. The standard InChI is InChI=1S/C43H47O2P/c1-6-33(30-34(7-2)36-22-26-38(27-23-36)43(3,4)5)35-20-18-32(19-21-35)31-45-42(44)37-24-28-41(29-25-37)46(39-14-10-8-11-15-39)40-16-12-9-13-17-40/h8-29,33-34H,6-7,30-31H2,1-5H3. The number of benzene rings is 5. The maximum Gasteiger partial charge on any atom is 0.338 e. The van der Waals surface area contributed by atoms with Crippen LogP contribution in [-0.4, -0.2) is 5.97 Å². The fourth-order valence-electron chi connectivity index (χ4n) is 6.14. The zero-order valence-corrected chi connectivity index (χ0v) is 28.8. The van der Waals surface area contributed by atoms with Crippen LogP contribution in [-0.2, 0) is 16.8 Å². The number of hydrogen-bond acceptors (Lipinski definition) is 2. The first-order valence-electron chi connectivity index (χ1n) is 16.6. The number of esters is 1. The van der Waals surface area contributed by atoms with E-state index in [0.29, 0.717) is 17.4 Å². The molecule has 5 rings (SSSR count). The van der Waals surface area contributed by atoms with E-state index < -0.39 is 7.92 Å². The molecule has 0 fully saturated rings. The number of carbonyl (C=O) groups is 1. The number of rotatable bonds is 12. The molecule has 0 N–H and O–H groups in total. The van der Waals surface area contributed by atoms with Gasteiger partial charge in [-0.3, -0.25) is 0 Å². The molecule has 0 aliphatic heterocycles. The van der Waals surface area contributed by atoms with Crippen LogP contribution in [0.25, 0.3) is 0 Å². The van der Waals surface area contributed by atoms with Crippen LogP contribution in [0.1, 0.15) is 98.3 Å². The maximum atomic E-state index is 13.0. The largest absolute Gasteiger partial charge is 0.457 e. The molecule has 0 saturated heterocycles. The Morgan fingerprint density at radius 2 is 1.07 bits per heavy atom. The van der Waals surface area contributed by atoms with Crippen LogP contribution in [0.4, 0.5) is 0 Å². The molecule has 2 nitrogen and oxygen atoms in total. The Morgan fingerprint density at radius 1 is 0.609 bits per heavy atom. The van der Waals surface area contributed by atoms with E-state index in [1.165, 1.54) is 32.6 Å². The second-order valence-corrected chi connectivity index (χ2v) is 15.4. The topological polar surface area (TPSA) is 26.3 Å². The first kappa shape index (κ1) is 33.4. The van der Waals surface area contributed by atoms with E-state index >= 15 is 0 Å². The van der Waals surface area contributed by atoms with Gasteiger partial charge in [-0.25, -0.2) is 4.79 Å². The molecule has 3 heteroatoms. The Hall–Kier alpha value is -4.00. The van der Waals surface area contributed by atoms with Crippen LogP contribution in [0.2, 0.25) is 0 Å². The molecule has 0 aromatic heterocycles. The van der Waals surface area contributed by atoms with Crippen LogP contribution < -0.4 is 15.9 Å². The van der Waals surface area contributed by atoms with Crippen LogP contribution in [0.3, 0.4) is 0 Å². The molecular formula is C43H47O2P. The van der Waals surface area contributed by atoms with Gasteiger partial charge in [0.2, 0.25) is 0 Å². The second-order valence-electron chi connectivity index (χ2n) is 13.2. The third kappa shape index (κ3) is 8.42. The second kappa shape index (κ2) is 15.5. The van der Waals surface area contributed by atoms with E-state index in [9.17, 15) is 4.79 Å². The van der Waals surface area contributed by atoms with Crippen molar-refractivity contribution < 1.29 is 9.53 Å². The molecule has 0 bridgehead atoms. The minimum atomic E-state index is -0.710.